The molecule has 5 heteroatoms. The number of benzene rings is 2. The number of ether oxygens (including phenoxy) is 2. The second kappa shape index (κ2) is 6.12. The molecule has 0 aliphatic carbocycles. The monoisotopic (exact) mass is 326 g/mol. The summed E-state index contributed by atoms with van der Waals surface area (Å²) in [6.07, 6.45) is 0. The van der Waals surface area contributed by atoms with Crippen LogP contribution in [-0.4, -0.2) is 24.8 Å². The third-order valence-electron chi connectivity index (χ3n) is 3.39. The summed E-state index contributed by atoms with van der Waals surface area (Å²) in [5.41, 5.74) is 2.24. The molecular formula is C16H16Cl2O3. The maximum absolute atomic E-state index is 12.3. The molecule has 0 fully saturated rings. The van der Waals surface area contributed by atoms with Crippen molar-refractivity contribution in [2.24, 2.45) is 0 Å². The van der Waals surface area contributed by atoms with Gasteiger partial charge in [0.2, 0.25) is 0 Å². The summed E-state index contributed by atoms with van der Waals surface area (Å²) in [6.45, 7) is 3.77. The van der Waals surface area contributed by atoms with Crippen molar-refractivity contribution in [1.82, 2.24) is 0 Å². The van der Waals surface area contributed by atoms with Gasteiger partial charge in [0.25, 0.3) is 0 Å². The quantitative estimate of drug-likeness (QED) is 0.614. The number of hydrogen-bond donors (Lipinski definition) is 0. The Morgan fingerprint density at radius 2 is 1.62 bits per heavy atom. The van der Waals surface area contributed by atoms with E-state index in [9.17, 15) is 4.79 Å². The standard InChI is InChI=1S/C16H16Cl2O3/c1-8-5-10-13(15(19)16(17)18)9(2)7-12(21-4)14(10)11(6-8)20-3/h5-7,16H,1-4H3. The molecule has 0 bridgehead atoms. The zero-order valence-corrected chi connectivity index (χ0v) is 13.8. The van der Waals surface area contributed by atoms with Crippen molar-refractivity contribution in [2.45, 2.75) is 18.7 Å². The smallest absolute Gasteiger partial charge is 0.196 e. The number of ketones is 1. The predicted molar refractivity (Wildman–Crippen MR) is 86.4 cm³/mol. The first-order chi connectivity index (χ1) is 9.90. The van der Waals surface area contributed by atoms with Crippen molar-refractivity contribution in [3.8, 4) is 11.5 Å². The van der Waals surface area contributed by atoms with Crippen molar-refractivity contribution < 1.29 is 14.3 Å². The molecule has 0 radical (unpaired) electrons. The fourth-order valence-corrected chi connectivity index (χ4v) is 2.73. The number of fused-ring (bicyclic) bond motifs is 1. The van der Waals surface area contributed by atoms with E-state index in [2.05, 4.69) is 0 Å². The van der Waals surface area contributed by atoms with Gasteiger partial charge in [-0.2, -0.15) is 0 Å². The van der Waals surface area contributed by atoms with Crippen LogP contribution in [0.25, 0.3) is 10.8 Å². The molecule has 112 valence electrons. The predicted octanol–water partition coefficient (Wildman–Crippen LogP) is 4.46. The van der Waals surface area contributed by atoms with Gasteiger partial charge in [0, 0.05) is 10.9 Å². The zero-order valence-electron chi connectivity index (χ0n) is 12.3. The number of methoxy groups -OCH3 is 2. The molecule has 0 atom stereocenters. The van der Waals surface area contributed by atoms with E-state index in [0.29, 0.717) is 17.1 Å². The van der Waals surface area contributed by atoms with E-state index in [0.717, 1.165) is 21.9 Å². The Balaban J connectivity index is 2.96. The summed E-state index contributed by atoms with van der Waals surface area (Å²) < 4.78 is 10.9. The molecular weight excluding hydrogens is 311 g/mol. The van der Waals surface area contributed by atoms with E-state index in [-0.39, 0.29) is 5.78 Å². The number of carbonyl (C=O) groups excluding carboxylic acids is 1. The van der Waals surface area contributed by atoms with Crippen molar-refractivity contribution in [3.05, 3.63) is 34.9 Å². The lowest BCUT2D eigenvalue weighted by Crippen LogP contribution is -2.11. The van der Waals surface area contributed by atoms with E-state index < -0.39 is 4.84 Å². The van der Waals surface area contributed by atoms with Gasteiger partial charge in [0.1, 0.15) is 11.5 Å². The van der Waals surface area contributed by atoms with Crippen LogP contribution < -0.4 is 9.47 Å². The molecule has 0 aliphatic heterocycles. The average Bonchev–Trinajstić information content (AvgIpc) is 2.44. The largest absolute Gasteiger partial charge is 0.496 e. The maximum atomic E-state index is 12.3. The number of halogens is 2. The Kier molecular flexibility index (Phi) is 4.64. The Labute approximate surface area is 133 Å². The zero-order chi connectivity index (χ0) is 15.7. The Morgan fingerprint density at radius 3 is 2.14 bits per heavy atom. The highest BCUT2D eigenvalue weighted by Gasteiger charge is 2.23. The molecule has 3 nitrogen and oxygen atoms in total. The summed E-state index contributed by atoms with van der Waals surface area (Å²) in [7, 11) is 3.17. The third-order valence-corrected chi connectivity index (χ3v) is 3.79. The van der Waals surface area contributed by atoms with Gasteiger partial charge in [-0.15, -0.1) is 0 Å². The second-order valence-electron chi connectivity index (χ2n) is 4.83. The van der Waals surface area contributed by atoms with Gasteiger partial charge in [-0.3, -0.25) is 4.79 Å². The molecule has 0 saturated heterocycles. The third kappa shape index (κ3) is 2.81. The first-order valence-electron chi connectivity index (χ1n) is 6.39. The lowest BCUT2D eigenvalue weighted by molar-refractivity contribution is 0.101. The van der Waals surface area contributed by atoms with Crippen LogP contribution in [0.5, 0.6) is 11.5 Å². The van der Waals surface area contributed by atoms with Crippen molar-refractivity contribution in [2.75, 3.05) is 14.2 Å². The van der Waals surface area contributed by atoms with Gasteiger partial charge in [0.05, 0.1) is 19.6 Å². The van der Waals surface area contributed by atoms with Crippen LogP contribution in [-0.2, 0) is 0 Å². The molecule has 0 aliphatic rings. The van der Waals surface area contributed by atoms with Gasteiger partial charge >= 0.3 is 0 Å². The van der Waals surface area contributed by atoms with Crippen LogP contribution in [0.1, 0.15) is 21.5 Å². The Hall–Kier alpha value is -1.45. The number of rotatable bonds is 4. The van der Waals surface area contributed by atoms with Gasteiger partial charge in [-0.1, -0.05) is 29.3 Å². The highest BCUT2D eigenvalue weighted by atomic mass is 35.5. The molecule has 0 unspecified atom stereocenters. The Morgan fingerprint density at radius 1 is 1.05 bits per heavy atom. The highest BCUT2D eigenvalue weighted by Crippen LogP contribution is 2.39. The van der Waals surface area contributed by atoms with Crippen LogP contribution in [0.2, 0.25) is 0 Å². The summed E-state index contributed by atoms with van der Waals surface area (Å²) in [4.78, 5) is 11.2. The normalized spacial score (nSPS) is 11.0. The van der Waals surface area contributed by atoms with Gasteiger partial charge in [-0.25, -0.2) is 0 Å². The second-order valence-corrected chi connectivity index (χ2v) is 5.92. The molecule has 2 aromatic rings. The molecule has 21 heavy (non-hydrogen) atoms. The lowest BCUT2D eigenvalue weighted by atomic mass is 9.94. The minimum Gasteiger partial charge on any atom is -0.496 e. The van der Waals surface area contributed by atoms with Crippen LogP contribution in [0.3, 0.4) is 0 Å². The number of aryl methyl sites for hydroxylation is 2. The molecule has 0 spiro atoms. The minimum atomic E-state index is -1.10. The molecule has 2 aromatic carbocycles. The van der Waals surface area contributed by atoms with Crippen LogP contribution in [0.15, 0.2) is 18.2 Å². The highest BCUT2D eigenvalue weighted by molar-refractivity contribution is 6.56. The molecule has 0 heterocycles. The van der Waals surface area contributed by atoms with E-state index >= 15 is 0 Å². The van der Waals surface area contributed by atoms with E-state index in [1.807, 2.05) is 26.0 Å². The fourth-order valence-electron chi connectivity index (χ4n) is 2.52. The number of alkyl halides is 2. The molecule has 0 saturated carbocycles. The van der Waals surface area contributed by atoms with E-state index in [1.54, 1.807) is 20.3 Å². The van der Waals surface area contributed by atoms with Crippen molar-refractivity contribution in [3.63, 3.8) is 0 Å². The van der Waals surface area contributed by atoms with E-state index in [4.69, 9.17) is 32.7 Å². The fraction of sp³-hybridized carbons (Fsp3) is 0.312. The molecule has 0 aromatic heterocycles. The number of Topliss-reactive ketones (excluding diaryl/α,β-unsaturated/α-hetero) is 1. The SMILES string of the molecule is COc1cc(C)cc2c(C(=O)C(Cl)Cl)c(C)cc(OC)c12. The first kappa shape index (κ1) is 15.9. The van der Waals surface area contributed by atoms with Gasteiger partial charge in [0.15, 0.2) is 10.6 Å². The summed E-state index contributed by atoms with van der Waals surface area (Å²) in [5.74, 6) is 0.976. The average molecular weight is 327 g/mol. The van der Waals surface area contributed by atoms with Crippen LogP contribution in [0.4, 0.5) is 0 Å². The summed E-state index contributed by atoms with van der Waals surface area (Å²) in [6, 6.07) is 5.60. The number of carbonyl (C=O) groups is 1. The van der Waals surface area contributed by atoms with E-state index in [1.165, 1.54) is 0 Å². The van der Waals surface area contributed by atoms with Crippen LogP contribution in [0, 0.1) is 13.8 Å². The van der Waals surface area contributed by atoms with Crippen molar-refractivity contribution in [1.29, 1.82) is 0 Å². The topological polar surface area (TPSA) is 35.5 Å². The van der Waals surface area contributed by atoms with Gasteiger partial charge < -0.3 is 9.47 Å². The number of hydrogen-bond acceptors (Lipinski definition) is 3. The lowest BCUT2D eigenvalue weighted by Gasteiger charge is -2.16. The van der Waals surface area contributed by atoms with Crippen LogP contribution >= 0.6 is 23.2 Å². The molecule has 0 amide bonds. The Bertz CT molecular complexity index is 698. The molecule has 0 N–H and O–H groups in total. The van der Waals surface area contributed by atoms with Gasteiger partial charge in [-0.05, 0) is 37.1 Å². The minimum absolute atomic E-state index is 0.323. The summed E-state index contributed by atoms with van der Waals surface area (Å²) in [5, 5.41) is 1.48. The van der Waals surface area contributed by atoms with Crippen molar-refractivity contribution >= 4 is 39.8 Å². The maximum Gasteiger partial charge on any atom is 0.196 e. The first-order valence-corrected chi connectivity index (χ1v) is 7.26. The molecule has 2 rings (SSSR count). The summed E-state index contributed by atoms with van der Waals surface area (Å²) >= 11 is 11.6.